The number of fused-ring (bicyclic) bond motifs is 3. The van der Waals surface area contributed by atoms with Crippen LogP contribution in [0, 0.1) is 18.3 Å². The van der Waals surface area contributed by atoms with E-state index in [0.29, 0.717) is 30.7 Å². The molecule has 1 aromatic heterocycles. The molecule has 4 rings (SSSR count). The topological polar surface area (TPSA) is 39.5 Å². The maximum Gasteiger partial charge on any atom is 0.121 e. The van der Waals surface area contributed by atoms with Crippen molar-refractivity contribution in [2.45, 2.75) is 57.3 Å². The van der Waals surface area contributed by atoms with Crippen molar-refractivity contribution in [3.63, 3.8) is 0 Å². The number of benzene rings is 1. The first-order chi connectivity index (χ1) is 13.2. The predicted octanol–water partition coefficient (Wildman–Crippen LogP) is 3.33. The third-order valence-corrected chi connectivity index (χ3v) is 6.10. The molecule has 5 heteroatoms. The molecule has 5 nitrogen and oxygen atoms in total. The molecule has 0 amide bonds. The molecular formula is C22H29N3O2. The van der Waals surface area contributed by atoms with Gasteiger partial charge in [-0.15, -0.1) is 6.42 Å². The zero-order chi connectivity index (χ0) is 18.8. The van der Waals surface area contributed by atoms with Crippen molar-refractivity contribution in [2.75, 3.05) is 20.3 Å². The predicted molar refractivity (Wildman–Crippen MR) is 107 cm³/mol. The van der Waals surface area contributed by atoms with Gasteiger partial charge in [0.2, 0.25) is 0 Å². The van der Waals surface area contributed by atoms with Gasteiger partial charge in [0.1, 0.15) is 12.4 Å². The molecule has 2 saturated heterocycles. The van der Waals surface area contributed by atoms with Crippen molar-refractivity contribution >= 4 is 10.9 Å². The number of piperidine rings is 1. The molecule has 0 radical (unpaired) electrons. The molecule has 3 heterocycles. The van der Waals surface area contributed by atoms with Crippen LogP contribution in [0.2, 0.25) is 0 Å². The normalized spacial score (nSPS) is 26.2. The molecule has 0 N–H and O–H groups in total. The van der Waals surface area contributed by atoms with Crippen molar-refractivity contribution in [3.8, 4) is 18.1 Å². The van der Waals surface area contributed by atoms with Crippen molar-refractivity contribution < 1.29 is 9.47 Å². The van der Waals surface area contributed by atoms with Crippen LogP contribution in [0.4, 0.5) is 0 Å². The molecule has 1 aromatic carbocycles. The van der Waals surface area contributed by atoms with E-state index in [-0.39, 0.29) is 0 Å². The van der Waals surface area contributed by atoms with Gasteiger partial charge in [0.25, 0.3) is 0 Å². The van der Waals surface area contributed by atoms with Crippen LogP contribution < -0.4 is 4.74 Å². The number of ether oxygens (including phenoxy) is 2. The second-order valence-electron chi connectivity index (χ2n) is 8.05. The first-order valence-electron chi connectivity index (χ1n) is 9.98. The molecule has 2 aliphatic heterocycles. The van der Waals surface area contributed by atoms with Crippen LogP contribution in [0.1, 0.15) is 32.6 Å². The third kappa shape index (κ3) is 3.83. The molecule has 27 heavy (non-hydrogen) atoms. The smallest absolute Gasteiger partial charge is 0.121 e. The highest BCUT2D eigenvalue weighted by Crippen LogP contribution is 2.37. The lowest BCUT2D eigenvalue weighted by Gasteiger charge is -2.40. The Kier molecular flexibility index (Phi) is 5.38. The van der Waals surface area contributed by atoms with Gasteiger partial charge >= 0.3 is 0 Å². The fourth-order valence-corrected chi connectivity index (χ4v) is 4.86. The van der Waals surface area contributed by atoms with Crippen molar-refractivity contribution in [1.82, 2.24) is 14.7 Å². The Bertz CT molecular complexity index is 811. The van der Waals surface area contributed by atoms with E-state index in [2.05, 4.69) is 39.7 Å². The zero-order valence-corrected chi connectivity index (χ0v) is 16.3. The lowest BCUT2D eigenvalue weighted by Crippen LogP contribution is -2.47. The van der Waals surface area contributed by atoms with E-state index in [0.717, 1.165) is 42.6 Å². The summed E-state index contributed by atoms with van der Waals surface area (Å²) in [6, 6.07) is 7.42. The van der Waals surface area contributed by atoms with Crippen LogP contribution in [0.5, 0.6) is 5.75 Å². The number of rotatable bonds is 7. The number of terminal acetylenes is 1. The maximum atomic E-state index is 5.83. The zero-order valence-electron chi connectivity index (χ0n) is 16.3. The number of aromatic nitrogens is 2. The van der Waals surface area contributed by atoms with Gasteiger partial charge in [-0.05, 0) is 43.7 Å². The fourth-order valence-electron chi connectivity index (χ4n) is 4.86. The molecule has 144 valence electrons. The summed E-state index contributed by atoms with van der Waals surface area (Å²) in [5, 5.41) is 5.77. The Morgan fingerprint density at radius 2 is 2.04 bits per heavy atom. The summed E-state index contributed by atoms with van der Waals surface area (Å²) in [6.45, 7) is 4.80. The highest BCUT2D eigenvalue weighted by atomic mass is 16.5. The van der Waals surface area contributed by atoms with Crippen LogP contribution in [-0.4, -0.2) is 53.1 Å². The standard InChI is InChI=1S/C22H29N3O2/c1-4-9-27-21-10-18-6-7-19(11-21)24(18)14-16(2)15-25-22-12-20(26-3)8-5-17(22)13-23-25/h1,5,8,12-13,16,18-19,21H,6-7,9-11,14-15H2,2-3H3/t16-,18-,19+,21-/m1/s1. The number of methoxy groups -OCH3 is 1. The quantitative estimate of drug-likeness (QED) is 0.704. The monoisotopic (exact) mass is 367 g/mol. The van der Waals surface area contributed by atoms with Crippen molar-refractivity contribution in [1.29, 1.82) is 0 Å². The molecule has 4 atom stereocenters. The van der Waals surface area contributed by atoms with E-state index in [4.69, 9.17) is 15.9 Å². The highest BCUT2D eigenvalue weighted by Gasteiger charge is 2.41. The van der Waals surface area contributed by atoms with E-state index in [1.165, 1.54) is 12.8 Å². The molecule has 0 saturated carbocycles. The summed E-state index contributed by atoms with van der Waals surface area (Å²) < 4.78 is 13.3. The van der Waals surface area contributed by atoms with Gasteiger partial charge < -0.3 is 9.47 Å². The van der Waals surface area contributed by atoms with Crippen LogP contribution in [0.15, 0.2) is 24.4 Å². The molecule has 0 spiro atoms. The van der Waals surface area contributed by atoms with Crippen LogP contribution in [0.3, 0.4) is 0 Å². The van der Waals surface area contributed by atoms with E-state index < -0.39 is 0 Å². The molecule has 2 aliphatic rings. The van der Waals surface area contributed by atoms with Gasteiger partial charge in [-0.25, -0.2) is 0 Å². The largest absolute Gasteiger partial charge is 0.497 e. The summed E-state index contributed by atoms with van der Waals surface area (Å²) in [5.41, 5.74) is 1.14. The van der Waals surface area contributed by atoms with Crippen LogP contribution in [0.25, 0.3) is 10.9 Å². The summed E-state index contributed by atoms with van der Waals surface area (Å²) in [6.07, 6.45) is 12.4. The first-order valence-corrected chi connectivity index (χ1v) is 9.98. The Balaban J connectivity index is 1.39. The minimum atomic E-state index is 0.340. The molecule has 2 fully saturated rings. The van der Waals surface area contributed by atoms with Gasteiger partial charge in [0.05, 0.1) is 24.9 Å². The van der Waals surface area contributed by atoms with Crippen molar-refractivity contribution in [3.05, 3.63) is 24.4 Å². The number of hydrogen-bond donors (Lipinski definition) is 0. The minimum absolute atomic E-state index is 0.340. The first kappa shape index (κ1) is 18.3. The molecule has 0 unspecified atom stereocenters. The lowest BCUT2D eigenvalue weighted by atomic mass is 9.98. The summed E-state index contributed by atoms with van der Waals surface area (Å²) >= 11 is 0. The maximum absolute atomic E-state index is 5.83. The Morgan fingerprint density at radius 1 is 1.26 bits per heavy atom. The SMILES string of the molecule is C#CCO[C@@H]1C[C@H]2CC[C@@H](C1)N2C[C@@H](C)Cn1ncc2ccc(OC)cc21. The van der Waals surface area contributed by atoms with Gasteiger partial charge in [-0.1, -0.05) is 12.8 Å². The molecule has 0 aliphatic carbocycles. The average molecular weight is 367 g/mol. The molecular weight excluding hydrogens is 338 g/mol. The van der Waals surface area contributed by atoms with E-state index >= 15 is 0 Å². The molecule has 2 bridgehead atoms. The van der Waals surface area contributed by atoms with Gasteiger partial charge in [0.15, 0.2) is 0 Å². The summed E-state index contributed by atoms with van der Waals surface area (Å²) in [5.74, 6) is 4.01. The average Bonchev–Trinajstić information content (AvgIpc) is 3.16. The van der Waals surface area contributed by atoms with E-state index in [1.54, 1.807) is 7.11 Å². The van der Waals surface area contributed by atoms with Gasteiger partial charge in [0, 0.05) is 36.6 Å². The van der Waals surface area contributed by atoms with E-state index in [9.17, 15) is 0 Å². The van der Waals surface area contributed by atoms with Gasteiger partial charge in [-0.3, -0.25) is 9.58 Å². The minimum Gasteiger partial charge on any atom is -0.497 e. The highest BCUT2D eigenvalue weighted by molar-refractivity contribution is 5.80. The number of nitrogens with zero attached hydrogens (tertiary/aromatic N) is 3. The Hall–Kier alpha value is -2.03. The second kappa shape index (κ2) is 7.92. The third-order valence-electron chi connectivity index (χ3n) is 6.10. The van der Waals surface area contributed by atoms with Crippen molar-refractivity contribution in [2.24, 2.45) is 5.92 Å². The summed E-state index contributed by atoms with van der Waals surface area (Å²) in [4.78, 5) is 2.71. The van der Waals surface area contributed by atoms with Crippen LogP contribution in [-0.2, 0) is 11.3 Å². The number of hydrogen-bond acceptors (Lipinski definition) is 4. The summed E-state index contributed by atoms with van der Waals surface area (Å²) in [7, 11) is 1.71. The van der Waals surface area contributed by atoms with Crippen LogP contribution >= 0.6 is 0 Å². The fraction of sp³-hybridized carbons (Fsp3) is 0.591. The van der Waals surface area contributed by atoms with E-state index in [1.807, 2.05) is 12.3 Å². The second-order valence-corrected chi connectivity index (χ2v) is 8.05. The van der Waals surface area contributed by atoms with Gasteiger partial charge in [-0.2, -0.15) is 5.10 Å². The molecule has 2 aromatic rings. The lowest BCUT2D eigenvalue weighted by molar-refractivity contribution is -0.0117. The Labute approximate surface area is 161 Å². The Morgan fingerprint density at radius 3 is 2.74 bits per heavy atom.